The molecule has 3 aromatic rings. The van der Waals surface area contributed by atoms with Crippen LogP contribution in [-0.2, 0) is 0 Å². The van der Waals surface area contributed by atoms with Crippen molar-refractivity contribution in [2.45, 2.75) is 0 Å². The lowest BCUT2D eigenvalue weighted by atomic mass is 9.49. The molecule has 2 heteroatoms. The van der Waals surface area contributed by atoms with Gasteiger partial charge in [-0.05, 0) is 46.2 Å². The predicted octanol–water partition coefficient (Wildman–Crippen LogP) is 4.15. The van der Waals surface area contributed by atoms with E-state index in [0.717, 1.165) is 0 Å². The molecular formula is C20H14BN. The minimum atomic E-state index is 0.301. The van der Waals surface area contributed by atoms with Crippen molar-refractivity contribution in [2.75, 3.05) is 4.81 Å². The predicted molar refractivity (Wildman–Crippen MR) is 95.5 cm³/mol. The molecule has 5 rings (SSSR count). The van der Waals surface area contributed by atoms with E-state index in [1.54, 1.807) is 0 Å². The fraction of sp³-hybridized carbons (Fsp3) is 0. The molecule has 0 atom stereocenters. The molecule has 3 aromatic carbocycles. The molecule has 0 bridgehead atoms. The Morgan fingerprint density at radius 1 is 0.727 bits per heavy atom. The molecule has 1 nitrogen and oxygen atoms in total. The Bertz CT molecular complexity index is 955. The number of nitrogens with zero attached hydrogens (tertiary/aromatic N) is 1. The van der Waals surface area contributed by atoms with Crippen molar-refractivity contribution in [1.82, 2.24) is 0 Å². The van der Waals surface area contributed by atoms with Gasteiger partial charge in [0.05, 0.1) is 0 Å². The topological polar surface area (TPSA) is 3.24 Å². The first-order valence-corrected chi connectivity index (χ1v) is 7.67. The summed E-state index contributed by atoms with van der Waals surface area (Å²) in [5, 5.41) is 2.59. The van der Waals surface area contributed by atoms with Gasteiger partial charge in [0, 0.05) is 11.3 Å². The number of fused-ring (bicyclic) bond motifs is 7. The summed E-state index contributed by atoms with van der Waals surface area (Å²) in [6, 6.07) is 22.0. The van der Waals surface area contributed by atoms with E-state index in [4.69, 9.17) is 0 Å². The van der Waals surface area contributed by atoms with Gasteiger partial charge in [-0.1, -0.05) is 60.6 Å². The molecule has 0 amide bonds. The zero-order valence-electron chi connectivity index (χ0n) is 12.1. The summed E-state index contributed by atoms with van der Waals surface area (Å²) in [5.41, 5.74) is 5.35. The summed E-state index contributed by atoms with van der Waals surface area (Å²) in [7, 11) is 0. The molecule has 0 N–H and O–H groups in total. The van der Waals surface area contributed by atoms with E-state index in [1.165, 1.54) is 33.0 Å². The summed E-state index contributed by atoms with van der Waals surface area (Å²) in [4.78, 5) is 2.38. The summed E-state index contributed by atoms with van der Waals surface area (Å²) in [6.45, 7) is 0.301. The van der Waals surface area contributed by atoms with Gasteiger partial charge in [0.2, 0.25) is 0 Å². The average molecular weight is 279 g/mol. The van der Waals surface area contributed by atoms with E-state index in [-0.39, 0.29) is 0 Å². The van der Waals surface area contributed by atoms with Gasteiger partial charge in [-0.25, -0.2) is 0 Å². The van der Waals surface area contributed by atoms with Crippen molar-refractivity contribution in [3.8, 4) is 11.1 Å². The smallest absolute Gasteiger partial charge is 0.320 e. The molecule has 0 radical (unpaired) electrons. The number of rotatable bonds is 0. The molecule has 0 saturated carbocycles. The molecule has 0 unspecified atom stereocenters. The molecule has 0 spiro atoms. The Kier molecular flexibility index (Phi) is 2.36. The van der Waals surface area contributed by atoms with Crippen molar-refractivity contribution in [3.05, 3.63) is 85.0 Å². The van der Waals surface area contributed by atoms with Crippen LogP contribution in [0.3, 0.4) is 0 Å². The second-order valence-corrected chi connectivity index (χ2v) is 5.88. The van der Waals surface area contributed by atoms with Crippen LogP contribution in [0, 0.1) is 0 Å². The van der Waals surface area contributed by atoms with Crippen molar-refractivity contribution in [2.24, 2.45) is 0 Å². The van der Waals surface area contributed by atoms with Crippen LogP contribution in [0.15, 0.2) is 85.0 Å². The van der Waals surface area contributed by atoms with E-state index < -0.39 is 0 Å². The van der Waals surface area contributed by atoms with Gasteiger partial charge in [0.15, 0.2) is 0 Å². The molecule has 2 aliphatic heterocycles. The molecule has 0 aliphatic carbocycles. The van der Waals surface area contributed by atoms with E-state index in [2.05, 4.69) is 89.8 Å². The molecule has 0 saturated heterocycles. The maximum atomic E-state index is 2.38. The van der Waals surface area contributed by atoms with Crippen LogP contribution in [0.4, 0.5) is 5.69 Å². The van der Waals surface area contributed by atoms with Gasteiger partial charge in [0.25, 0.3) is 0 Å². The van der Waals surface area contributed by atoms with Crippen molar-refractivity contribution < 1.29 is 0 Å². The molecule has 2 heterocycles. The number of hydrogen-bond acceptors (Lipinski definition) is 1. The second-order valence-electron chi connectivity index (χ2n) is 5.88. The highest BCUT2D eigenvalue weighted by Crippen LogP contribution is 2.39. The third kappa shape index (κ3) is 1.55. The van der Waals surface area contributed by atoms with Crippen molar-refractivity contribution in [1.29, 1.82) is 0 Å². The van der Waals surface area contributed by atoms with Crippen LogP contribution < -0.4 is 10.3 Å². The monoisotopic (exact) mass is 279 g/mol. The maximum absolute atomic E-state index is 2.38. The molecule has 102 valence electrons. The zero-order chi connectivity index (χ0) is 14.5. The Balaban J connectivity index is 1.89. The Morgan fingerprint density at radius 3 is 2.41 bits per heavy atom. The lowest BCUT2D eigenvalue weighted by molar-refractivity contribution is 1.37. The lowest BCUT2D eigenvalue weighted by Gasteiger charge is -2.36. The van der Waals surface area contributed by atoms with E-state index in [1.807, 2.05) is 0 Å². The first-order chi connectivity index (χ1) is 10.9. The van der Waals surface area contributed by atoms with E-state index in [0.29, 0.717) is 6.85 Å². The highest BCUT2D eigenvalue weighted by molar-refractivity contribution is 6.83. The third-order valence-electron chi connectivity index (χ3n) is 4.66. The standard InChI is InChI=1S/C20H14BN/c1-2-8-16-14-20-18(13-15(16)7-1)17-9-3-4-10-19(17)21-11-5-6-12-22(20)21/h1-14H. The summed E-state index contributed by atoms with van der Waals surface area (Å²) >= 11 is 0. The van der Waals surface area contributed by atoms with Gasteiger partial charge >= 0.3 is 6.85 Å². The molecule has 0 aromatic heterocycles. The van der Waals surface area contributed by atoms with Crippen LogP contribution >= 0.6 is 0 Å². The number of benzene rings is 3. The molecular weight excluding hydrogens is 265 g/mol. The van der Waals surface area contributed by atoms with Gasteiger partial charge in [-0.2, -0.15) is 0 Å². The summed E-state index contributed by atoms with van der Waals surface area (Å²) < 4.78 is 0. The summed E-state index contributed by atoms with van der Waals surface area (Å²) in [6.07, 6.45) is 6.45. The fourth-order valence-corrected chi connectivity index (χ4v) is 3.64. The molecule has 22 heavy (non-hydrogen) atoms. The van der Waals surface area contributed by atoms with Gasteiger partial charge < -0.3 is 4.81 Å². The van der Waals surface area contributed by atoms with Gasteiger partial charge in [0.1, 0.15) is 0 Å². The quantitative estimate of drug-likeness (QED) is 0.559. The highest BCUT2D eigenvalue weighted by atomic mass is 15.1. The zero-order valence-corrected chi connectivity index (χ0v) is 12.1. The SMILES string of the molecule is C1=CB2c3ccccc3-c3cc4ccccc4cc3N2C=C1. The number of anilines is 1. The van der Waals surface area contributed by atoms with Crippen LogP contribution in [-0.4, -0.2) is 6.85 Å². The first-order valence-electron chi connectivity index (χ1n) is 7.67. The Morgan fingerprint density at radius 2 is 1.50 bits per heavy atom. The Labute approximate surface area is 130 Å². The van der Waals surface area contributed by atoms with Crippen molar-refractivity contribution in [3.63, 3.8) is 0 Å². The number of hydrogen-bond donors (Lipinski definition) is 0. The maximum Gasteiger partial charge on any atom is 0.320 e. The van der Waals surface area contributed by atoms with Gasteiger partial charge in [-0.15, -0.1) is 0 Å². The van der Waals surface area contributed by atoms with Crippen LogP contribution in [0.5, 0.6) is 0 Å². The Hall–Kier alpha value is -2.74. The van der Waals surface area contributed by atoms with Crippen LogP contribution in [0.1, 0.15) is 0 Å². The van der Waals surface area contributed by atoms with Crippen LogP contribution in [0.25, 0.3) is 21.9 Å². The second kappa shape index (κ2) is 4.38. The molecule has 0 fully saturated rings. The highest BCUT2D eigenvalue weighted by Gasteiger charge is 2.32. The van der Waals surface area contributed by atoms with Gasteiger partial charge in [-0.3, -0.25) is 0 Å². The van der Waals surface area contributed by atoms with Crippen LogP contribution in [0.2, 0.25) is 0 Å². The molecule has 2 aliphatic rings. The van der Waals surface area contributed by atoms with E-state index in [9.17, 15) is 0 Å². The minimum absolute atomic E-state index is 0.301. The summed E-state index contributed by atoms with van der Waals surface area (Å²) in [5.74, 6) is 2.27. The fourth-order valence-electron chi connectivity index (χ4n) is 3.64. The minimum Gasteiger partial charge on any atom is -0.383 e. The lowest BCUT2D eigenvalue weighted by Crippen LogP contribution is -2.49. The normalized spacial score (nSPS) is 14.7. The third-order valence-corrected chi connectivity index (χ3v) is 4.66. The number of allylic oxidation sites excluding steroid dienone is 2. The average Bonchev–Trinajstić information content (AvgIpc) is 2.61. The first kappa shape index (κ1) is 11.9. The van der Waals surface area contributed by atoms with Crippen molar-refractivity contribution >= 4 is 28.8 Å². The largest absolute Gasteiger partial charge is 0.383 e. The van der Waals surface area contributed by atoms with E-state index >= 15 is 0 Å².